The largest absolute Gasteiger partial charge is 0.454 e. The molecule has 7 nitrogen and oxygen atoms in total. The number of carbonyl (C=O) groups excluding carboxylic acids is 1. The number of anilines is 1. The number of benzene rings is 2. The number of ether oxygens (including phenoxy) is 2. The molecule has 0 saturated carbocycles. The Kier molecular flexibility index (Phi) is 5.76. The molecule has 0 unspecified atom stereocenters. The van der Waals surface area contributed by atoms with Crippen LogP contribution in [0.25, 0.3) is 11.4 Å². The van der Waals surface area contributed by atoms with Gasteiger partial charge in [-0.1, -0.05) is 47.7 Å². The summed E-state index contributed by atoms with van der Waals surface area (Å²) < 4.78 is 12.6. The number of thioether (sulfide) groups is 1. The van der Waals surface area contributed by atoms with E-state index in [9.17, 15) is 4.79 Å². The summed E-state index contributed by atoms with van der Waals surface area (Å²) in [6.45, 7) is 8.46. The molecule has 1 aliphatic rings. The molecule has 0 aliphatic carbocycles. The Morgan fingerprint density at radius 2 is 2.00 bits per heavy atom. The Morgan fingerprint density at radius 1 is 1.23 bits per heavy atom. The van der Waals surface area contributed by atoms with Gasteiger partial charge in [-0.25, -0.2) is 0 Å². The van der Waals surface area contributed by atoms with Gasteiger partial charge in [0.1, 0.15) is 0 Å². The molecular formula is C22H22N4O3S. The van der Waals surface area contributed by atoms with Gasteiger partial charge in [0.2, 0.25) is 12.7 Å². The average Bonchev–Trinajstić information content (AvgIpc) is 3.36. The molecule has 1 aliphatic heterocycles. The van der Waals surface area contributed by atoms with E-state index in [2.05, 4.69) is 22.1 Å². The van der Waals surface area contributed by atoms with Crippen molar-refractivity contribution in [3.05, 3.63) is 60.7 Å². The number of rotatable bonds is 7. The number of aryl methyl sites for hydroxylation is 1. The fourth-order valence-electron chi connectivity index (χ4n) is 3.02. The van der Waals surface area contributed by atoms with Gasteiger partial charge in [0.05, 0.1) is 5.25 Å². The van der Waals surface area contributed by atoms with Crippen LogP contribution in [0.1, 0.15) is 12.5 Å². The second kappa shape index (κ2) is 8.62. The lowest BCUT2D eigenvalue weighted by molar-refractivity contribution is -0.115. The van der Waals surface area contributed by atoms with Crippen molar-refractivity contribution in [2.75, 3.05) is 12.1 Å². The maximum absolute atomic E-state index is 12.7. The number of allylic oxidation sites excluding steroid dienone is 1. The van der Waals surface area contributed by atoms with Gasteiger partial charge in [0, 0.05) is 23.9 Å². The van der Waals surface area contributed by atoms with Crippen LogP contribution in [0.4, 0.5) is 5.69 Å². The van der Waals surface area contributed by atoms with Crippen molar-refractivity contribution in [3.8, 4) is 22.9 Å². The van der Waals surface area contributed by atoms with Gasteiger partial charge in [-0.3, -0.25) is 9.36 Å². The van der Waals surface area contributed by atoms with E-state index in [1.165, 1.54) is 17.3 Å². The van der Waals surface area contributed by atoms with Gasteiger partial charge < -0.3 is 14.8 Å². The quantitative estimate of drug-likeness (QED) is 0.452. The predicted molar refractivity (Wildman–Crippen MR) is 117 cm³/mol. The van der Waals surface area contributed by atoms with Crippen molar-refractivity contribution in [2.45, 2.75) is 30.8 Å². The molecule has 0 fully saturated rings. The molecule has 30 heavy (non-hydrogen) atoms. The molecule has 1 amide bonds. The smallest absolute Gasteiger partial charge is 0.237 e. The number of nitrogens with one attached hydrogen (secondary N) is 1. The minimum Gasteiger partial charge on any atom is -0.454 e. The predicted octanol–water partition coefficient (Wildman–Crippen LogP) is 4.29. The second-order valence-electron chi connectivity index (χ2n) is 6.89. The topological polar surface area (TPSA) is 78.3 Å². The Labute approximate surface area is 179 Å². The zero-order valence-corrected chi connectivity index (χ0v) is 17.6. The molecule has 4 rings (SSSR count). The molecular weight excluding hydrogens is 400 g/mol. The monoisotopic (exact) mass is 422 g/mol. The highest BCUT2D eigenvalue weighted by molar-refractivity contribution is 8.00. The summed E-state index contributed by atoms with van der Waals surface area (Å²) in [5, 5.41) is 11.9. The van der Waals surface area contributed by atoms with Gasteiger partial charge in [-0.15, -0.1) is 16.8 Å². The van der Waals surface area contributed by atoms with E-state index < -0.39 is 0 Å². The first kappa shape index (κ1) is 20.0. The number of hydrogen-bond donors (Lipinski definition) is 1. The van der Waals surface area contributed by atoms with Crippen LogP contribution >= 0.6 is 11.8 Å². The van der Waals surface area contributed by atoms with E-state index in [1.54, 1.807) is 24.3 Å². The first-order chi connectivity index (χ1) is 14.5. The Hall–Kier alpha value is -3.26. The van der Waals surface area contributed by atoms with Crippen LogP contribution in [-0.4, -0.2) is 32.7 Å². The molecule has 1 N–H and O–H groups in total. The van der Waals surface area contributed by atoms with Crippen LogP contribution in [0.3, 0.4) is 0 Å². The van der Waals surface area contributed by atoms with Gasteiger partial charge in [-0.05, 0) is 26.0 Å². The number of nitrogens with zero attached hydrogens (tertiary/aromatic N) is 3. The maximum Gasteiger partial charge on any atom is 0.237 e. The Morgan fingerprint density at radius 3 is 2.77 bits per heavy atom. The van der Waals surface area contributed by atoms with E-state index in [1.807, 2.05) is 42.7 Å². The second-order valence-corrected chi connectivity index (χ2v) is 8.20. The summed E-state index contributed by atoms with van der Waals surface area (Å²) in [5.41, 5.74) is 2.81. The average molecular weight is 423 g/mol. The summed E-state index contributed by atoms with van der Waals surface area (Å²) in [6.07, 6.45) is 1.79. The van der Waals surface area contributed by atoms with Crippen molar-refractivity contribution in [3.63, 3.8) is 0 Å². The summed E-state index contributed by atoms with van der Waals surface area (Å²) in [6, 6.07) is 13.4. The van der Waals surface area contributed by atoms with Crippen molar-refractivity contribution in [2.24, 2.45) is 0 Å². The van der Waals surface area contributed by atoms with Gasteiger partial charge in [0.15, 0.2) is 22.5 Å². The van der Waals surface area contributed by atoms with Crippen molar-refractivity contribution in [1.82, 2.24) is 14.8 Å². The standard InChI is InChI=1S/C22H22N4O3S/c1-4-11-26-20(16-7-5-14(2)6-8-16)24-25-22(26)30-15(3)21(27)23-17-9-10-18-19(12-17)29-13-28-18/h4-10,12,15H,1,11,13H2,2-3H3,(H,23,27)/t15-/m0/s1. The third-order valence-corrected chi connectivity index (χ3v) is 5.71. The number of amides is 1. The summed E-state index contributed by atoms with van der Waals surface area (Å²) in [7, 11) is 0. The minimum absolute atomic E-state index is 0.135. The fourth-order valence-corrected chi connectivity index (χ4v) is 3.87. The fraction of sp³-hybridized carbons (Fsp3) is 0.227. The molecule has 0 bridgehead atoms. The molecule has 0 spiro atoms. The molecule has 8 heteroatoms. The van der Waals surface area contributed by atoms with Crippen LogP contribution in [0.15, 0.2) is 60.3 Å². The number of hydrogen-bond acceptors (Lipinski definition) is 6. The number of carbonyl (C=O) groups is 1. The van der Waals surface area contributed by atoms with E-state index in [0.29, 0.717) is 28.9 Å². The van der Waals surface area contributed by atoms with E-state index in [4.69, 9.17) is 9.47 Å². The van der Waals surface area contributed by atoms with Crippen LogP contribution < -0.4 is 14.8 Å². The minimum atomic E-state index is -0.381. The first-order valence-electron chi connectivity index (χ1n) is 9.53. The van der Waals surface area contributed by atoms with Crippen LogP contribution in [0, 0.1) is 6.92 Å². The van der Waals surface area contributed by atoms with Crippen molar-refractivity contribution < 1.29 is 14.3 Å². The van der Waals surface area contributed by atoms with Crippen molar-refractivity contribution >= 4 is 23.4 Å². The highest BCUT2D eigenvalue weighted by Crippen LogP contribution is 2.34. The molecule has 1 aromatic heterocycles. The first-order valence-corrected chi connectivity index (χ1v) is 10.4. The lowest BCUT2D eigenvalue weighted by atomic mass is 10.1. The Bertz CT molecular complexity index is 1080. The van der Waals surface area contributed by atoms with Crippen LogP contribution in [0.5, 0.6) is 11.5 Å². The Balaban J connectivity index is 1.49. The van der Waals surface area contributed by atoms with Gasteiger partial charge >= 0.3 is 0 Å². The third-order valence-electron chi connectivity index (χ3n) is 4.63. The molecule has 2 heterocycles. The van der Waals surface area contributed by atoms with Crippen LogP contribution in [-0.2, 0) is 11.3 Å². The molecule has 3 aromatic rings. The highest BCUT2D eigenvalue weighted by Gasteiger charge is 2.21. The van der Waals surface area contributed by atoms with E-state index in [0.717, 1.165) is 11.4 Å². The lowest BCUT2D eigenvalue weighted by Crippen LogP contribution is -2.23. The SMILES string of the molecule is C=CCn1c(S[C@@H](C)C(=O)Nc2ccc3c(c2)OCO3)nnc1-c1ccc(C)cc1. The van der Waals surface area contributed by atoms with Gasteiger partial charge in [-0.2, -0.15) is 0 Å². The van der Waals surface area contributed by atoms with Gasteiger partial charge in [0.25, 0.3) is 0 Å². The molecule has 154 valence electrons. The summed E-state index contributed by atoms with van der Waals surface area (Å²) in [4.78, 5) is 12.7. The van der Waals surface area contributed by atoms with Crippen molar-refractivity contribution in [1.29, 1.82) is 0 Å². The molecule has 0 radical (unpaired) electrons. The number of fused-ring (bicyclic) bond motifs is 1. The normalized spacial score (nSPS) is 13.1. The molecule has 1 atom stereocenters. The van der Waals surface area contributed by atoms with E-state index in [-0.39, 0.29) is 18.0 Å². The van der Waals surface area contributed by atoms with Crippen LogP contribution in [0.2, 0.25) is 0 Å². The maximum atomic E-state index is 12.7. The summed E-state index contributed by atoms with van der Waals surface area (Å²) >= 11 is 1.36. The molecule has 0 saturated heterocycles. The lowest BCUT2D eigenvalue weighted by Gasteiger charge is -2.13. The zero-order chi connectivity index (χ0) is 21.1. The zero-order valence-electron chi connectivity index (χ0n) is 16.8. The highest BCUT2D eigenvalue weighted by atomic mass is 32.2. The summed E-state index contributed by atoms with van der Waals surface area (Å²) in [5.74, 6) is 1.92. The van der Waals surface area contributed by atoms with E-state index >= 15 is 0 Å². The molecule has 2 aromatic carbocycles. The number of aromatic nitrogens is 3. The third kappa shape index (κ3) is 4.18.